The van der Waals surface area contributed by atoms with E-state index in [0.717, 1.165) is 17.8 Å². The van der Waals surface area contributed by atoms with E-state index in [1.807, 2.05) is 12.1 Å². The molecule has 3 aromatic rings. The van der Waals surface area contributed by atoms with Crippen molar-refractivity contribution in [3.05, 3.63) is 71.7 Å². The molecule has 9 nitrogen and oxygen atoms in total. The van der Waals surface area contributed by atoms with Crippen LogP contribution in [0.1, 0.15) is 46.3 Å². The van der Waals surface area contributed by atoms with Gasteiger partial charge in [-0.15, -0.1) is 0 Å². The second kappa shape index (κ2) is 9.00. The summed E-state index contributed by atoms with van der Waals surface area (Å²) in [5, 5.41) is 2.73. The van der Waals surface area contributed by atoms with Gasteiger partial charge in [-0.3, -0.25) is 9.52 Å². The van der Waals surface area contributed by atoms with Gasteiger partial charge in [0.05, 0.1) is 7.11 Å². The summed E-state index contributed by atoms with van der Waals surface area (Å²) < 4.78 is 32.0. The molecular formula is C21H22N4O5S. The quantitative estimate of drug-likeness (QED) is 0.481. The number of H-pyrrole nitrogens is 1. The van der Waals surface area contributed by atoms with E-state index < -0.39 is 21.9 Å². The number of carbonyl (C=O) groups excluding carboxylic acids is 2. The van der Waals surface area contributed by atoms with Gasteiger partial charge in [0.25, 0.3) is 15.9 Å². The molecule has 0 aliphatic carbocycles. The van der Waals surface area contributed by atoms with E-state index in [2.05, 4.69) is 38.6 Å². The summed E-state index contributed by atoms with van der Waals surface area (Å²) in [6.45, 7) is 4.15. The van der Waals surface area contributed by atoms with E-state index >= 15 is 0 Å². The lowest BCUT2D eigenvalue weighted by Crippen LogP contribution is -2.17. The molecular weight excluding hydrogens is 420 g/mol. The summed E-state index contributed by atoms with van der Waals surface area (Å²) in [5.41, 5.74) is 1.78. The van der Waals surface area contributed by atoms with Crippen molar-refractivity contribution in [1.82, 2.24) is 9.97 Å². The van der Waals surface area contributed by atoms with Crippen LogP contribution in [0, 0.1) is 0 Å². The number of aromatic amines is 1. The second-order valence-corrected chi connectivity index (χ2v) is 8.67. The summed E-state index contributed by atoms with van der Waals surface area (Å²) in [7, 11) is -2.84. The smallest absolute Gasteiger partial charge is 0.354 e. The fourth-order valence-electron chi connectivity index (χ4n) is 2.72. The van der Waals surface area contributed by atoms with Gasteiger partial charge in [-0.2, -0.15) is 0 Å². The van der Waals surface area contributed by atoms with Gasteiger partial charge in [0.2, 0.25) is 0 Å². The first-order valence-corrected chi connectivity index (χ1v) is 10.9. The van der Waals surface area contributed by atoms with Crippen molar-refractivity contribution in [2.75, 3.05) is 17.1 Å². The Labute approximate surface area is 179 Å². The Morgan fingerprint density at radius 1 is 1.10 bits per heavy atom. The van der Waals surface area contributed by atoms with Crippen molar-refractivity contribution in [2.45, 2.75) is 24.7 Å². The average molecular weight is 442 g/mol. The van der Waals surface area contributed by atoms with Crippen molar-refractivity contribution >= 4 is 33.4 Å². The molecule has 0 aliphatic rings. The standard InChI is InChI=1S/C21H22N4O5S/c1-13(2)14-7-9-15(10-8-14)23-20(26)17-5-4-6-19(24-17)25-31(28,29)16-11-18(22-12-16)21(27)30-3/h4-13,22H,1-3H3,(H,23,26)(H,24,25). The summed E-state index contributed by atoms with van der Waals surface area (Å²) in [6.07, 6.45) is 1.16. The number of hydrogen-bond donors (Lipinski definition) is 3. The maximum Gasteiger partial charge on any atom is 0.354 e. The molecule has 0 aliphatic heterocycles. The molecule has 10 heteroatoms. The molecule has 3 rings (SSSR count). The van der Waals surface area contributed by atoms with Crippen LogP contribution in [0.15, 0.2) is 59.6 Å². The number of carbonyl (C=O) groups is 2. The van der Waals surface area contributed by atoms with E-state index in [-0.39, 0.29) is 22.1 Å². The minimum absolute atomic E-state index is 0.00699. The van der Waals surface area contributed by atoms with Gasteiger partial charge in [0.1, 0.15) is 22.1 Å². The lowest BCUT2D eigenvalue weighted by molar-refractivity contribution is 0.0594. The van der Waals surface area contributed by atoms with E-state index in [1.165, 1.54) is 25.3 Å². The highest BCUT2D eigenvalue weighted by Crippen LogP contribution is 2.19. The Kier molecular flexibility index (Phi) is 6.40. The van der Waals surface area contributed by atoms with Crippen LogP contribution < -0.4 is 10.0 Å². The van der Waals surface area contributed by atoms with Gasteiger partial charge < -0.3 is 15.0 Å². The first-order chi connectivity index (χ1) is 14.7. The first-order valence-electron chi connectivity index (χ1n) is 9.37. The van der Waals surface area contributed by atoms with Gasteiger partial charge in [0.15, 0.2) is 0 Å². The summed E-state index contributed by atoms with van der Waals surface area (Å²) in [6, 6.07) is 13.0. The Balaban J connectivity index is 1.74. The number of nitrogens with one attached hydrogen (secondary N) is 3. The number of ether oxygens (including phenoxy) is 1. The fraction of sp³-hybridized carbons (Fsp3) is 0.190. The molecule has 0 saturated carbocycles. The highest BCUT2D eigenvalue weighted by molar-refractivity contribution is 7.92. The number of nitrogens with zero attached hydrogens (tertiary/aromatic N) is 1. The van der Waals surface area contributed by atoms with E-state index in [4.69, 9.17) is 0 Å². The highest BCUT2D eigenvalue weighted by atomic mass is 32.2. The number of hydrogen-bond acceptors (Lipinski definition) is 6. The Hall–Kier alpha value is -3.66. The molecule has 162 valence electrons. The summed E-state index contributed by atoms with van der Waals surface area (Å²) >= 11 is 0. The number of anilines is 2. The first kappa shape index (κ1) is 22.0. The molecule has 0 radical (unpaired) electrons. The van der Waals surface area contributed by atoms with Crippen LogP contribution in [0.3, 0.4) is 0 Å². The molecule has 31 heavy (non-hydrogen) atoms. The van der Waals surface area contributed by atoms with Crippen LogP contribution >= 0.6 is 0 Å². The zero-order chi connectivity index (χ0) is 22.6. The number of aromatic nitrogens is 2. The Bertz CT molecular complexity index is 1200. The lowest BCUT2D eigenvalue weighted by Gasteiger charge is -2.09. The predicted molar refractivity (Wildman–Crippen MR) is 116 cm³/mol. The number of methoxy groups -OCH3 is 1. The van der Waals surface area contributed by atoms with E-state index in [0.29, 0.717) is 11.6 Å². The van der Waals surface area contributed by atoms with Gasteiger partial charge in [-0.25, -0.2) is 18.2 Å². The molecule has 0 bridgehead atoms. The van der Waals surface area contributed by atoms with Crippen molar-refractivity contribution in [2.24, 2.45) is 0 Å². The third kappa shape index (κ3) is 5.28. The number of pyridine rings is 1. The molecule has 0 spiro atoms. The molecule has 0 unspecified atom stereocenters. The molecule has 2 heterocycles. The van der Waals surface area contributed by atoms with Crippen LogP contribution in [-0.2, 0) is 14.8 Å². The molecule has 1 amide bonds. The lowest BCUT2D eigenvalue weighted by atomic mass is 10.0. The van der Waals surface area contributed by atoms with Gasteiger partial charge >= 0.3 is 5.97 Å². The minimum Gasteiger partial charge on any atom is -0.464 e. The van der Waals surface area contributed by atoms with Crippen LogP contribution in [0.5, 0.6) is 0 Å². The largest absolute Gasteiger partial charge is 0.464 e. The van der Waals surface area contributed by atoms with Crippen molar-refractivity contribution in [1.29, 1.82) is 0 Å². The molecule has 2 aromatic heterocycles. The Morgan fingerprint density at radius 2 is 1.81 bits per heavy atom. The van der Waals surface area contributed by atoms with Crippen LogP contribution in [0.4, 0.5) is 11.5 Å². The van der Waals surface area contributed by atoms with Crippen LogP contribution in [-0.4, -0.2) is 37.4 Å². The average Bonchev–Trinajstić information content (AvgIpc) is 3.25. The normalized spacial score (nSPS) is 11.2. The molecule has 0 atom stereocenters. The van der Waals surface area contributed by atoms with Crippen LogP contribution in [0.2, 0.25) is 0 Å². The van der Waals surface area contributed by atoms with E-state index in [9.17, 15) is 18.0 Å². The number of sulfonamides is 1. The van der Waals surface area contributed by atoms with Crippen molar-refractivity contribution < 1.29 is 22.7 Å². The van der Waals surface area contributed by atoms with Gasteiger partial charge in [0, 0.05) is 11.9 Å². The summed E-state index contributed by atoms with van der Waals surface area (Å²) in [4.78, 5) is 30.5. The maximum absolute atomic E-state index is 12.6. The van der Waals surface area contributed by atoms with Gasteiger partial charge in [-0.1, -0.05) is 32.0 Å². The second-order valence-electron chi connectivity index (χ2n) is 6.99. The zero-order valence-corrected chi connectivity index (χ0v) is 18.0. The number of rotatable bonds is 7. The SMILES string of the molecule is COC(=O)c1cc(S(=O)(=O)Nc2cccc(C(=O)Nc3ccc(C(C)C)cc3)n2)c[nH]1. The third-order valence-corrected chi connectivity index (χ3v) is 5.76. The number of benzene rings is 1. The monoisotopic (exact) mass is 442 g/mol. The summed E-state index contributed by atoms with van der Waals surface area (Å²) in [5.74, 6) is -0.837. The highest BCUT2D eigenvalue weighted by Gasteiger charge is 2.20. The third-order valence-electron chi connectivity index (χ3n) is 4.43. The van der Waals surface area contributed by atoms with Crippen molar-refractivity contribution in [3.63, 3.8) is 0 Å². The minimum atomic E-state index is -4.03. The molecule has 0 saturated heterocycles. The fourth-order valence-corrected chi connectivity index (χ4v) is 3.71. The Morgan fingerprint density at radius 3 is 2.45 bits per heavy atom. The number of esters is 1. The molecule has 1 aromatic carbocycles. The number of amides is 1. The maximum atomic E-state index is 12.6. The predicted octanol–water partition coefficient (Wildman–Crippen LogP) is 3.37. The van der Waals surface area contributed by atoms with E-state index in [1.54, 1.807) is 12.1 Å². The topological polar surface area (TPSA) is 130 Å². The van der Waals surface area contributed by atoms with Crippen molar-refractivity contribution in [3.8, 4) is 0 Å². The van der Waals surface area contributed by atoms with Gasteiger partial charge in [-0.05, 0) is 41.8 Å². The molecule has 0 fully saturated rings. The van der Waals surface area contributed by atoms with Crippen LogP contribution in [0.25, 0.3) is 0 Å². The molecule has 3 N–H and O–H groups in total. The zero-order valence-electron chi connectivity index (χ0n) is 17.2.